The van der Waals surface area contributed by atoms with E-state index < -0.39 is 18.0 Å². The van der Waals surface area contributed by atoms with Crippen molar-refractivity contribution in [2.45, 2.75) is 32.8 Å². The Bertz CT molecular complexity index is 456. The molecule has 0 aliphatic heterocycles. The highest BCUT2D eigenvalue weighted by molar-refractivity contribution is 6.31. The molecule has 0 saturated heterocycles. The second-order valence-corrected chi connectivity index (χ2v) is 5.27. The summed E-state index contributed by atoms with van der Waals surface area (Å²) in [5.41, 5.74) is -0.872. The molecule has 0 spiro atoms. The molecule has 106 valence electrons. The van der Waals surface area contributed by atoms with E-state index in [0.717, 1.165) is 6.07 Å². The highest BCUT2D eigenvalue weighted by Crippen LogP contribution is 2.30. The maximum absolute atomic E-state index is 12.5. The van der Waals surface area contributed by atoms with Crippen molar-refractivity contribution in [1.82, 2.24) is 0 Å². The van der Waals surface area contributed by atoms with E-state index in [-0.39, 0.29) is 22.9 Å². The molecule has 0 radical (unpaired) electrons. The van der Waals surface area contributed by atoms with Crippen LogP contribution in [0.15, 0.2) is 18.2 Å². The van der Waals surface area contributed by atoms with Gasteiger partial charge in [-0.2, -0.15) is 0 Å². The van der Waals surface area contributed by atoms with Crippen LogP contribution in [0, 0.1) is 0 Å². The summed E-state index contributed by atoms with van der Waals surface area (Å²) in [4.78, 5) is 11.4. The van der Waals surface area contributed by atoms with E-state index >= 15 is 0 Å². The summed E-state index contributed by atoms with van der Waals surface area (Å²) in [5.74, 6) is -0.304. The van der Waals surface area contributed by atoms with Crippen LogP contribution in [-0.4, -0.2) is 18.2 Å². The molecule has 1 aromatic rings. The minimum atomic E-state index is -2.65. The Balaban J connectivity index is 2.59. The second kappa shape index (κ2) is 6.19. The lowest BCUT2D eigenvalue weighted by molar-refractivity contribution is -0.157. The molecule has 1 aromatic carbocycles. The van der Waals surface area contributed by atoms with Gasteiger partial charge in [0.25, 0.3) is 6.43 Å². The smallest absolute Gasteiger partial charge is 0.344 e. The minimum Gasteiger partial charge on any atom is -0.482 e. The summed E-state index contributed by atoms with van der Waals surface area (Å²) in [6.07, 6.45) is -2.65. The molecule has 0 fully saturated rings. The Labute approximate surface area is 115 Å². The number of hydrogen-bond donors (Lipinski definition) is 0. The largest absolute Gasteiger partial charge is 0.482 e. The van der Waals surface area contributed by atoms with Gasteiger partial charge in [-0.1, -0.05) is 11.6 Å². The van der Waals surface area contributed by atoms with Crippen LogP contribution in [0.5, 0.6) is 5.75 Å². The van der Waals surface area contributed by atoms with Crippen LogP contribution in [-0.2, 0) is 9.53 Å². The van der Waals surface area contributed by atoms with Gasteiger partial charge >= 0.3 is 5.97 Å². The average Bonchev–Trinajstić information content (AvgIpc) is 2.23. The van der Waals surface area contributed by atoms with Crippen molar-refractivity contribution < 1.29 is 23.0 Å². The number of rotatable bonds is 4. The van der Waals surface area contributed by atoms with Gasteiger partial charge in [0.15, 0.2) is 6.61 Å². The summed E-state index contributed by atoms with van der Waals surface area (Å²) in [7, 11) is 0. The molecule has 0 aliphatic carbocycles. The quantitative estimate of drug-likeness (QED) is 0.787. The molecular weight excluding hydrogens is 278 g/mol. The molecule has 0 bridgehead atoms. The van der Waals surface area contributed by atoms with Gasteiger partial charge in [-0.3, -0.25) is 0 Å². The van der Waals surface area contributed by atoms with Crippen molar-refractivity contribution in [1.29, 1.82) is 0 Å². The number of carbonyl (C=O) groups is 1. The van der Waals surface area contributed by atoms with Crippen molar-refractivity contribution in [3.05, 3.63) is 28.8 Å². The number of carbonyl (C=O) groups excluding carboxylic acids is 1. The van der Waals surface area contributed by atoms with Crippen LogP contribution in [0.1, 0.15) is 32.8 Å². The standard InChI is InChI=1S/C13H15ClF2O3/c1-13(2,3)19-11(17)7-18-8-4-5-9(12(15)16)10(14)6-8/h4-6,12H,7H2,1-3H3. The number of benzene rings is 1. The van der Waals surface area contributed by atoms with E-state index in [9.17, 15) is 13.6 Å². The van der Waals surface area contributed by atoms with Gasteiger partial charge in [0.1, 0.15) is 11.4 Å². The predicted molar refractivity (Wildman–Crippen MR) is 67.7 cm³/mol. The van der Waals surface area contributed by atoms with Gasteiger partial charge in [-0.05, 0) is 39.0 Å². The second-order valence-electron chi connectivity index (χ2n) is 4.86. The number of esters is 1. The average molecular weight is 293 g/mol. The predicted octanol–water partition coefficient (Wildman–Crippen LogP) is 4.00. The fourth-order valence-corrected chi connectivity index (χ4v) is 1.54. The molecule has 3 nitrogen and oxygen atoms in total. The van der Waals surface area contributed by atoms with Gasteiger partial charge in [-0.15, -0.1) is 0 Å². The number of halogens is 3. The van der Waals surface area contributed by atoms with Crippen LogP contribution in [0.4, 0.5) is 8.78 Å². The summed E-state index contributed by atoms with van der Waals surface area (Å²) < 4.78 is 35.1. The van der Waals surface area contributed by atoms with Crippen molar-refractivity contribution in [3.63, 3.8) is 0 Å². The summed E-state index contributed by atoms with van der Waals surface area (Å²) in [6, 6.07) is 3.74. The van der Waals surface area contributed by atoms with E-state index in [1.165, 1.54) is 12.1 Å². The lowest BCUT2D eigenvalue weighted by Gasteiger charge is -2.19. The summed E-state index contributed by atoms with van der Waals surface area (Å²) in [6.45, 7) is 4.90. The van der Waals surface area contributed by atoms with Crippen LogP contribution in [0.25, 0.3) is 0 Å². The van der Waals surface area contributed by atoms with Gasteiger partial charge in [-0.25, -0.2) is 13.6 Å². The first-order valence-corrected chi connectivity index (χ1v) is 5.99. The zero-order chi connectivity index (χ0) is 14.6. The number of ether oxygens (including phenoxy) is 2. The van der Waals surface area contributed by atoms with E-state index in [0.29, 0.717) is 0 Å². The molecule has 1 rings (SSSR count). The molecule has 0 amide bonds. The monoisotopic (exact) mass is 292 g/mol. The number of alkyl halides is 2. The Hall–Kier alpha value is -1.36. The Morgan fingerprint density at radius 3 is 2.47 bits per heavy atom. The molecule has 0 N–H and O–H groups in total. The van der Waals surface area contributed by atoms with Crippen LogP contribution in [0.2, 0.25) is 5.02 Å². The molecule has 0 heterocycles. The molecule has 0 saturated carbocycles. The SMILES string of the molecule is CC(C)(C)OC(=O)COc1ccc(C(F)F)c(Cl)c1. The first-order chi connectivity index (χ1) is 8.69. The third-order valence-electron chi connectivity index (χ3n) is 1.98. The van der Waals surface area contributed by atoms with Crippen molar-refractivity contribution >= 4 is 17.6 Å². The summed E-state index contributed by atoms with van der Waals surface area (Å²) >= 11 is 5.67. The first-order valence-electron chi connectivity index (χ1n) is 5.61. The van der Waals surface area contributed by atoms with Crippen LogP contribution in [0.3, 0.4) is 0 Å². The van der Waals surface area contributed by atoms with Gasteiger partial charge in [0.05, 0.1) is 5.02 Å². The maximum atomic E-state index is 12.5. The lowest BCUT2D eigenvalue weighted by atomic mass is 10.2. The van der Waals surface area contributed by atoms with Crippen LogP contribution < -0.4 is 4.74 Å². The zero-order valence-corrected chi connectivity index (χ0v) is 11.6. The molecular formula is C13H15ClF2O3. The maximum Gasteiger partial charge on any atom is 0.344 e. The molecule has 0 atom stereocenters. The van der Waals surface area contributed by atoms with Gasteiger partial charge < -0.3 is 9.47 Å². The van der Waals surface area contributed by atoms with Gasteiger partial charge in [0, 0.05) is 5.56 Å². The zero-order valence-electron chi connectivity index (χ0n) is 10.9. The molecule has 0 aliphatic rings. The number of hydrogen-bond acceptors (Lipinski definition) is 3. The normalized spacial score (nSPS) is 11.5. The Morgan fingerprint density at radius 1 is 1.37 bits per heavy atom. The van der Waals surface area contributed by atoms with Crippen molar-refractivity contribution in [3.8, 4) is 5.75 Å². The Morgan fingerprint density at radius 2 is 2.00 bits per heavy atom. The molecule has 0 unspecified atom stereocenters. The molecule has 19 heavy (non-hydrogen) atoms. The fourth-order valence-electron chi connectivity index (χ4n) is 1.29. The van der Waals surface area contributed by atoms with E-state index in [1.54, 1.807) is 20.8 Å². The van der Waals surface area contributed by atoms with Crippen LogP contribution >= 0.6 is 11.6 Å². The van der Waals surface area contributed by atoms with Gasteiger partial charge in [0.2, 0.25) is 0 Å². The van der Waals surface area contributed by atoms with E-state index in [1.807, 2.05) is 0 Å². The third kappa shape index (κ3) is 5.42. The topological polar surface area (TPSA) is 35.5 Å². The van der Waals surface area contributed by atoms with E-state index in [4.69, 9.17) is 21.1 Å². The minimum absolute atomic E-state index is 0.100. The third-order valence-corrected chi connectivity index (χ3v) is 2.31. The fraction of sp³-hybridized carbons (Fsp3) is 0.462. The summed E-state index contributed by atoms with van der Waals surface area (Å²) in [5, 5.41) is -0.100. The van der Waals surface area contributed by atoms with E-state index in [2.05, 4.69) is 0 Å². The highest BCUT2D eigenvalue weighted by atomic mass is 35.5. The molecule has 6 heteroatoms. The lowest BCUT2D eigenvalue weighted by Crippen LogP contribution is -2.27. The first kappa shape index (κ1) is 15.7. The van der Waals surface area contributed by atoms with Crippen molar-refractivity contribution in [2.24, 2.45) is 0 Å². The Kier molecular flexibility index (Phi) is 5.11. The highest BCUT2D eigenvalue weighted by Gasteiger charge is 2.17. The van der Waals surface area contributed by atoms with Crippen molar-refractivity contribution in [2.75, 3.05) is 6.61 Å². The molecule has 0 aromatic heterocycles.